The largest absolute Gasteiger partial charge is 0.442 e. The van der Waals surface area contributed by atoms with Crippen LogP contribution in [-0.4, -0.2) is 30.0 Å². The molecule has 4 saturated carbocycles. The van der Waals surface area contributed by atoms with Crippen molar-refractivity contribution in [1.29, 1.82) is 0 Å². The lowest BCUT2D eigenvalue weighted by Crippen LogP contribution is -2.54. The number of nitrogens with one attached hydrogen (secondary N) is 2. The van der Waals surface area contributed by atoms with E-state index in [9.17, 15) is 27.9 Å². The Morgan fingerprint density at radius 3 is 2.42 bits per heavy atom. The van der Waals surface area contributed by atoms with E-state index in [4.69, 9.17) is 10.2 Å². The number of nitrogens with two attached hydrogens (primary N) is 1. The van der Waals surface area contributed by atoms with E-state index < -0.39 is 17.9 Å². The molecule has 52 heavy (non-hydrogen) atoms. The number of carbonyl (C=O) groups excluding carboxylic acids is 1. The van der Waals surface area contributed by atoms with Crippen LogP contribution in [0.15, 0.2) is 61.9 Å². The molecule has 0 saturated heterocycles. The fourth-order valence-corrected chi connectivity index (χ4v) is 11.3. The third-order valence-electron chi connectivity index (χ3n) is 14.2. The summed E-state index contributed by atoms with van der Waals surface area (Å²) in [5, 5.41) is 23.6. The smallest absolute Gasteiger partial charge is 0.422 e. The van der Waals surface area contributed by atoms with Gasteiger partial charge in [0.05, 0.1) is 6.10 Å². The number of benzene rings is 2. The average Bonchev–Trinajstić information content (AvgIpc) is 3.88. The summed E-state index contributed by atoms with van der Waals surface area (Å²) in [5.74, 6) is 2.60. The summed E-state index contributed by atoms with van der Waals surface area (Å²) in [6, 6.07) is 10.4. The summed E-state index contributed by atoms with van der Waals surface area (Å²) in [7, 11) is 0. The molecule has 5 N–H and O–H groups in total. The lowest BCUT2D eigenvalue weighted by molar-refractivity contribution is -0.166. The van der Waals surface area contributed by atoms with Gasteiger partial charge in [-0.3, -0.25) is 0 Å². The van der Waals surface area contributed by atoms with E-state index in [2.05, 4.69) is 34.7 Å². The van der Waals surface area contributed by atoms with E-state index in [1.54, 1.807) is 12.1 Å². The van der Waals surface area contributed by atoms with Gasteiger partial charge in [-0.2, -0.15) is 13.2 Å². The Morgan fingerprint density at radius 1 is 0.981 bits per heavy atom. The Labute approximate surface area is 301 Å². The number of rotatable bonds is 7. The first-order valence-corrected chi connectivity index (χ1v) is 18.9. The molecule has 12 heteroatoms. The van der Waals surface area contributed by atoms with Crippen molar-refractivity contribution >= 4 is 22.7 Å². The summed E-state index contributed by atoms with van der Waals surface area (Å²) in [5.41, 5.74) is 6.63. The molecule has 2 aromatic carbocycles. The molecule has 0 radical (unpaired) electrons. The fourth-order valence-electron chi connectivity index (χ4n) is 11.3. The SMILES string of the molecule is CC12CCC3C(CCC4CC(c5c(CCN)c6ccc(NC(=O)NCc7ccc(C8(C(F)(F)F)N=N8)cc7)cc6oc5=O)CCC43C)C1CCC2O. The summed E-state index contributed by atoms with van der Waals surface area (Å²) < 4.78 is 45.9. The quantitative estimate of drug-likeness (QED) is 0.182. The van der Waals surface area contributed by atoms with Crippen LogP contribution >= 0.6 is 0 Å². The molecule has 1 aromatic heterocycles. The number of hydrogen-bond acceptors (Lipinski definition) is 7. The Balaban J connectivity index is 0.954. The molecule has 4 fully saturated rings. The van der Waals surface area contributed by atoms with Gasteiger partial charge in [-0.1, -0.05) is 38.1 Å². The number of carbonyl (C=O) groups is 1. The van der Waals surface area contributed by atoms with E-state index in [-0.39, 0.29) is 40.6 Å². The lowest BCUT2D eigenvalue weighted by Gasteiger charge is -2.61. The molecular formula is C40H48F3N5O4. The number of fused-ring (bicyclic) bond motifs is 6. The van der Waals surface area contributed by atoms with Crippen molar-refractivity contribution in [2.24, 2.45) is 50.5 Å². The van der Waals surface area contributed by atoms with Crippen LogP contribution in [0.2, 0.25) is 0 Å². The predicted molar refractivity (Wildman–Crippen MR) is 191 cm³/mol. The zero-order valence-electron chi connectivity index (χ0n) is 29.8. The molecule has 8 rings (SSSR count). The molecule has 0 bridgehead atoms. The first-order chi connectivity index (χ1) is 24.8. The van der Waals surface area contributed by atoms with Crippen molar-refractivity contribution in [3.8, 4) is 0 Å². The van der Waals surface area contributed by atoms with Crippen LogP contribution < -0.4 is 22.0 Å². The molecule has 1 aliphatic heterocycles. The number of urea groups is 1. The van der Waals surface area contributed by atoms with Gasteiger partial charge in [0.15, 0.2) is 0 Å². The van der Waals surface area contributed by atoms with Gasteiger partial charge in [-0.15, -0.1) is 10.2 Å². The van der Waals surface area contributed by atoms with Gasteiger partial charge in [0.2, 0.25) is 0 Å². The number of anilines is 1. The van der Waals surface area contributed by atoms with Crippen molar-refractivity contribution in [3.05, 3.63) is 75.1 Å². The third-order valence-corrected chi connectivity index (χ3v) is 14.2. The van der Waals surface area contributed by atoms with E-state index >= 15 is 0 Å². The predicted octanol–water partition coefficient (Wildman–Crippen LogP) is 8.28. The van der Waals surface area contributed by atoms with Crippen LogP contribution in [0.1, 0.15) is 99.8 Å². The highest BCUT2D eigenvalue weighted by Gasteiger charge is 2.65. The van der Waals surface area contributed by atoms with Crippen molar-refractivity contribution in [1.82, 2.24) is 5.32 Å². The Kier molecular flexibility index (Phi) is 8.60. The van der Waals surface area contributed by atoms with Crippen LogP contribution in [0, 0.1) is 34.5 Å². The van der Waals surface area contributed by atoms with Gasteiger partial charge in [-0.05, 0) is 134 Å². The number of hydrogen-bond donors (Lipinski definition) is 4. The first-order valence-electron chi connectivity index (χ1n) is 18.9. The van der Waals surface area contributed by atoms with Crippen molar-refractivity contribution in [2.75, 3.05) is 11.9 Å². The van der Waals surface area contributed by atoms with Gasteiger partial charge in [-0.25, -0.2) is 9.59 Å². The minimum Gasteiger partial charge on any atom is -0.422 e. The third kappa shape index (κ3) is 5.66. The lowest BCUT2D eigenvalue weighted by atomic mass is 9.44. The maximum absolute atomic E-state index is 13.8. The second-order valence-corrected chi connectivity index (χ2v) is 16.7. The standard InChI is InChI=1S/C40H48F3N5O4/c1-37-16-13-23(19-25(37)7-9-29-30-11-12-33(49)38(30,2)17-14-31(29)37)34-28(15-18-44)27-10-8-26(20-32(27)52-35(34)50)46-36(51)45-21-22-3-5-24(6-4-22)39(47-48-39)40(41,42)43/h3-6,8,10,20,23,25,29-31,33,49H,7,9,11-19,21,44H2,1-2H3,(H2,45,46,51). The van der Waals surface area contributed by atoms with Crippen molar-refractivity contribution in [3.63, 3.8) is 0 Å². The molecule has 8 atom stereocenters. The summed E-state index contributed by atoms with van der Waals surface area (Å²) in [6.45, 7) is 5.31. The van der Waals surface area contributed by atoms with E-state index in [1.807, 2.05) is 6.07 Å². The number of halogens is 3. The minimum absolute atomic E-state index is 0.0635. The minimum atomic E-state index is -4.60. The van der Waals surface area contributed by atoms with Gasteiger partial charge < -0.3 is 25.9 Å². The van der Waals surface area contributed by atoms with Gasteiger partial charge in [0.25, 0.3) is 0 Å². The summed E-state index contributed by atoms with van der Waals surface area (Å²) >= 11 is 0. The normalized spacial score (nSPS) is 33.2. The first kappa shape index (κ1) is 35.3. The van der Waals surface area contributed by atoms with Crippen LogP contribution in [0.25, 0.3) is 11.0 Å². The van der Waals surface area contributed by atoms with Crippen LogP contribution in [-0.2, 0) is 18.6 Å². The molecule has 5 aliphatic rings. The Bertz CT molecular complexity index is 1960. The molecule has 8 unspecified atom stereocenters. The summed E-state index contributed by atoms with van der Waals surface area (Å²) in [4.78, 5) is 26.6. The summed E-state index contributed by atoms with van der Waals surface area (Å²) in [6.07, 6.45) is 5.49. The maximum atomic E-state index is 13.8. The van der Waals surface area contributed by atoms with E-state index in [1.165, 1.54) is 37.1 Å². The zero-order chi connectivity index (χ0) is 36.6. The fraction of sp³-hybridized carbons (Fsp3) is 0.600. The van der Waals surface area contributed by atoms with Crippen LogP contribution in [0.5, 0.6) is 0 Å². The van der Waals surface area contributed by atoms with Crippen molar-refractivity contribution in [2.45, 2.75) is 108 Å². The molecule has 4 aliphatic carbocycles. The number of nitrogens with zero attached hydrogens (tertiary/aromatic N) is 2. The van der Waals surface area contributed by atoms with Crippen LogP contribution in [0.4, 0.5) is 23.7 Å². The second kappa shape index (κ2) is 12.7. The van der Waals surface area contributed by atoms with Gasteiger partial charge in [0.1, 0.15) is 5.58 Å². The van der Waals surface area contributed by atoms with Gasteiger partial charge >= 0.3 is 23.5 Å². The molecule has 9 nitrogen and oxygen atoms in total. The number of aliphatic hydroxyl groups is 1. The molecular weight excluding hydrogens is 671 g/mol. The number of amides is 2. The Morgan fingerprint density at radius 2 is 1.71 bits per heavy atom. The molecule has 278 valence electrons. The van der Waals surface area contributed by atoms with E-state index in [0.29, 0.717) is 53.5 Å². The molecule has 3 aromatic rings. The monoisotopic (exact) mass is 719 g/mol. The second-order valence-electron chi connectivity index (χ2n) is 16.7. The van der Waals surface area contributed by atoms with E-state index in [0.717, 1.165) is 61.5 Å². The zero-order valence-corrected chi connectivity index (χ0v) is 29.8. The maximum Gasteiger partial charge on any atom is 0.442 e. The highest BCUT2D eigenvalue weighted by atomic mass is 19.4. The molecule has 2 heterocycles. The number of alkyl halides is 3. The molecule has 0 spiro atoms. The number of aliphatic hydroxyl groups excluding tert-OH is 1. The average molecular weight is 720 g/mol. The Hall–Kier alpha value is -3.77. The van der Waals surface area contributed by atoms with Gasteiger partial charge in [0, 0.05) is 34.8 Å². The van der Waals surface area contributed by atoms with Crippen molar-refractivity contribution < 1.29 is 27.5 Å². The highest BCUT2D eigenvalue weighted by Crippen LogP contribution is 2.67. The van der Waals surface area contributed by atoms with Crippen LogP contribution in [0.3, 0.4) is 0 Å². The topological polar surface area (TPSA) is 142 Å². The molecule has 2 amide bonds. The highest BCUT2D eigenvalue weighted by molar-refractivity contribution is 5.93.